The third-order valence-electron chi connectivity index (χ3n) is 1.58. The first-order valence-electron chi connectivity index (χ1n) is 3.42. The van der Waals surface area contributed by atoms with Crippen LogP contribution in [0.2, 0.25) is 0 Å². The van der Waals surface area contributed by atoms with Crippen LogP contribution in [0, 0.1) is 0 Å². The minimum atomic E-state index is -2.18. The Morgan fingerprint density at radius 3 is 2.67 bits per heavy atom. The van der Waals surface area contributed by atoms with E-state index in [1.54, 1.807) is 13.3 Å². The Hall–Kier alpha value is -0.350. The second-order valence-electron chi connectivity index (χ2n) is 2.44. The molecule has 1 aromatic carbocycles. The van der Waals surface area contributed by atoms with Gasteiger partial charge in [-0.05, 0) is 18.2 Å². The van der Waals surface area contributed by atoms with Crippen molar-refractivity contribution in [3.05, 3.63) is 28.7 Å². The van der Waals surface area contributed by atoms with Gasteiger partial charge in [-0.2, -0.15) is 0 Å². The molecule has 12 heavy (non-hydrogen) atoms. The van der Waals surface area contributed by atoms with E-state index in [-0.39, 0.29) is 0 Å². The summed E-state index contributed by atoms with van der Waals surface area (Å²) in [6.07, 6.45) is 1.63. The topological polar surface area (TPSA) is 29.4 Å². The standard InChI is InChI=1S/C8H10BrNOS/c1-10-12(2,11)8-5-3-4-7(9)6-8/h3-6H,1-2H3/t12-/m1/s1. The second kappa shape index (κ2) is 3.58. The molecule has 66 valence electrons. The fraction of sp³-hybridized carbons (Fsp3) is 0.250. The Morgan fingerprint density at radius 2 is 2.17 bits per heavy atom. The van der Waals surface area contributed by atoms with Crippen molar-refractivity contribution in [3.8, 4) is 0 Å². The quantitative estimate of drug-likeness (QED) is 0.750. The van der Waals surface area contributed by atoms with Crippen molar-refractivity contribution >= 4 is 25.7 Å². The van der Waals surface area contributed by atoms with Gasteiger partial charge in [-0.25, -0.2) is 8.57 Å². The molecule has 2 nitrogen and oxygen atoms in total. The average molecular weight is 248 g/mol. The number of nitrogens with zero attached hydrogens (tertiary/aromatic N) is 1. The number of hydrogen-bond acceptors (Lipinski definition) is 2. The third kappa shape index (κ3) is 2.08. The Balaban J connectivity index is 3.31. The maximum Gasteiger partial charge on any atom is 0.0720 e. The van der Waals surface area contributed by atoms with Gasteiger partial charge in [0.25, 0.3) is 0 Å². The van der Waals surface area contributed by atoms with Crippen LogP contribution >= 0.6 is 15.9 Å². The van der Waals surface area contributed by atoms with Crippen molar-refractivity contribution in [1.82, 2.24) is 0 Å². The van der Waals surface area contributed by atoms with E-state index in [0.717, 1.165) is 9.37 Å². The van der Waals surface area contributed by atoms with Gasteiger partial charge in [0.1, 0.15) is 0 Å². The third-order valence-corrected chi connectivity index (χ3v) is 3.90. The van der Waals surface area contributed by atoms with Gasteiger partial charge in [0, 0.05) is 22.7 Å². The van der Waals surface area contributed by atoms with E-state index in [2.05, 4.69) is 20.3 Å². The molecule has 0 saturated heterocycles. The molecule has 0 saturated carbocycles. The lowest BCUT2D eigenvalue weighted by Crippen LogP contribution is -1.96. The summed E-state index contributed by atoms with van der Waals surface area (Å²) in [5, 5.41) is 0. The number of rotatable bonds is 1. The van der Waals surface area contributed by atoms with Crippen molar-refractivity contribution in [2.45, 2.75) is 4.90 Å². The summed E-state index contributed by atoms with van der Waals surface area (Å²) in [6.45, 7) is 0. The SMILES string of the molecule is CN=[S@](C)(=O)c1cccc(Br)c1. The van der Waals surface area contributed by atoms with Crippen molar-refractivity contribution in [3.63, 3.8) is 0 Å². The summed E-state index contributed by atoms with van der Waals surface area (Å²) in [6, 6.07) is 7.40. The van der Waals surface area contributed by atoms with Gasteiger partial charge in [0.05, 0.1) is 9.73 Å². The van der Waals surface area contributed by atoms with Gasteiger partial charge in [-0.1, -0.05) is 22.0 Å². The molecule has 1 aromatic rings. The molecular weight excluding hydrogens is 238 g/mol. The molecule has 0 unspecified atom stereocenters. The van der Waals surface area contributed by atoms with Crippen LogP contribution in [0.3, 0.4) is 0 Å². The fourth-order valence-corrected chi connectivity index (χ4v) is 2.25. The first kappa shape index (κ1) is 9.74. The summed E-state index contributed by atoms with van der Waals surface area (Å²) < 4.78 is 16.5. The predicted molar refractivity (Wildman–Crippen MR) is 54.8 cm³/mol. The predicted octanol–water partition coefficient (Wildman–Crippen LogP) is 2.54. The Labute approximate surface area is 81.3 Å². The highest BCUT2D eigenvalue weighted by molar-refractivity contribution is 9.10. The van der Waals surface area contributed by atoms with Crippen LogP contribution in [-0.2, 0) is 9.73 Å². The van der Waals surface area contributed by atoms with E-state index < -0.39 is 9.73 Å². The first-order valence-corrected chi connectivity index (χ1v) is 6.14. The minimum Gasteiger partial charge on any atom is -0.245 e. The molecule has 1 rings (SSSR count). The summed E-state index contributed by atoms with van der Waals surface area (Å²) >= 11 is 3.32. The number of benzene rings is 1. The van der Waals surface area contributed by atoms with E-state index in [4.69, 9.17) is 0 Å². The van der Waals surface area contributed by atoms with Crippen molar-refractivity contribution in [1.29, 1.82) is 0 Å². The normalized spacial score (nSPS) is 15.2. The maximum atomic E-state index is 11.7. The minimum absolute atomic E-state index is 0.763. The van der Waals surface area contributed by atoms with Crippen molar-refractivity contribution in [2.24, 2.45) is 4.36 Å². The molecule has 0 amide bonds. The van der Waals surface area contributed by atoms with Crippen LogP contribution in [0.5, 0.6) is 0 Å². The number of halogens is 1. The fourth-order valence-electron chi connectivity index (χ4n) is 0.808. The molecule has 0 aliphatic heterocycles. The molecular formula is C8H10BrNOS. The molecule has 0 heterocycles. The van der Waals surface area contributed by atoms with E-state index in [0.29, 0.717) is 0 Å². The second-order valence-corrected chi connectivity index (χ2v) is 5.80. The van der Waals surface area contributed by atoms with Crippen LogP contribution in [0.4, 0.5) is 0 Å². The van der Waals surface area contributed by atoms with Crippen LogP contribution in [0.1, 0.15) is 0 Å². The monoisotopic (exact) mass is 247 g/mol. The van der Waals surface area contributed by atoms with Crippen molar-refractivity contribution < 1.29 is 4.21 Å². The van der Waals surface area contributed by atoms with Gasteiger partial charge < -0.3 is 0 Å². The summed E-state index contributed by atoms with van der Waals surface area (Å²) in [5.41, 5.74) is 0. The van der Waals surface area contributed by atoms with Crippen LogP contribution < -0.4 is 0 Å². The summed E-state index contributed by atoms with van der Waals surface area (Å²) in [7, 11) is -0.603. The van der Waals surface area contributed by atoms with Crippen molar-refractivity contribution in [2.75, 3.05) is 13.3 Å². The van der Waals surface area contributed by atoms with Gasteiger partial charge in [0.15, 0.2) is 0 Å². The van der Waals surface area contributed by atoms with Crippen LogP contribution in [-0.4, -0.2) is 17.5 Å². The highest BCUT2D eigenvalue weighted by Crippen LogP contribution is 2.16. The Morgan fingerprint density at radius 1 is 1.50 bits per heavy atom. The molecule has 4 heteroatoms. The zero-order valence-corrected chi connectivity index (χ0v) is 9.35. The first-order chi connectivity index (χ1) is 5.56. The highest BCUT2D eigenvalue weighted by Gasteiger charge is 2.03. The van der Waals surface area contributed by atoms with E-state index in [9.17, 15) is 4.21 Å². The zero-order valence-electron chi connectivity index (χ0n) is 6.95. The lowest BCUT2D eigenvalue weighted by atomic mass is 10.4. The maximum absolute atomic E-state index is 11.7. The zero-order chi connectivity index (χ0) is 9.19. The Bertz CT molecular complexity index is 394. The number of hydrogen-bond donors (Lipinski definition) is 0. The molecule has 0 radical (unpaired) electrons. The highest BCUT2D eigenvalue weighted by atomic mass is 79.9. The van der Waals surface area contributed by atoms with Gasteiger partial charge in [0.2, 0.25) is 0 Å². The molecule has 0 aliphatic rings. The molecule has 0 spiro atoms. The van der Waals surface area contributed by atoms with E-state index in [1.165, 1.54) is 0 Å². The van der Waals surface area contributed by atoms with Gasteiger partial charge in [-0.15, -0.1) is 0 Å². The average Bonchev–Trinajstić information content (AvgIpc) is 2.05. The molecule has 0 bridgehead atoms. The largest absolute Gasteiger partial charge is 0.245 e. The molecule has 0 N–H and O–H groups in total. The summed E-state index contributed by atoms with van der Waals surface area (Å²) in [5.74, 6) is 0. The lowest BCUT2D eigenvalue weighted by molar-refractivity contribution is 0.680. The molecule has 1 atom stereocenters. The molecule has 0 fully saturated rings. The van der Waals surface area contributed by atoms with Crippen LogP contribution in [0.25, 0.3) is 0 Å². The Kier molecular flexibility index (Phi) is 2.90. The van der Waals surface area contributed by atoms with Crippen LogP contribution in [0.15, 0.2) is 38.0 Å². The molecule has 0 aromatic heterocycles. The summed E-state index contributed by atoms with van der Waals surface area (Å²) in [4.78, 5) is 0.763. The van der Waals surface area contributed by atoms with Gasteiger partial charge >= 0.3 is 0 Å². The molecule has 0 aliphatic carbocycles. The lowest BCUT2D eigenvalue weighted by Gasteiger charge is -2.02. The van der Waals surface area contributed by atoms with E-state index in [1.807, 2.05) is 24.3 Å². The van der Waals surface area contributed by atoms with Gasteiger partial charge in [-0.3, -0.25) is 0 Å². The smallest absolute Gasteiger partial charge is 0.0720 e. The van der Waals surface area contributed by atoms with E-state index >= 15 is 0 Å².